The summed E-state index contributed by atoms with van der Waals surface area (Å²) in [6.07, 6.45) is -2.89. The zero-order chi connectivity index (χ0) is 20.3. The SMILES string of the molecule is CCC(F)(F)c1cc(C(F)(F)F)c2ccc3nc(-c4ocnc4C)cn3c2n1. The predicted octanol–water partition coefficient (Wildman–Crippen LogP) is 5.37. The topological polar surface area (TPSA) is 56.2 Å². The zero-order valence-corrected chi connectivity index (χ0v) is 14.7. The van der Waals surface area contributed by atoms with E-state index in [1.807, 2.05) is 0 Å². The molecule has 0 amide bonds. The third kappa shape index (κ3) is 2.79. The number of aryl methyl sites for hydroxylation is 1. The van der Waals surface area contributed by atoms with Gasteiger partial charge in [-0.2, -0.15) is 22.0 Å². The van der Waals surface area contributed by atoms with Crippen LogP contribution in [0.3, 0.4) is 0 Å². The normalized spacial score (nSPS) is 13.0. The summed E-state index contributed by atoms with van der Waals surface area (Å²) in [4.78, 5) is 12.1. The van der Waals surface area contributed by atoms with Crippen molar-refractivity contribution in [3.63, 3.8) is 0 Å². The van der Waals surface area contributed by atoms with Crippen molar-refractivity contribution >= 4 is 16.7 Å². The third-order valence-corrected chi connectivity index (χ3v) is 4.50. The Morgan fingerprint density at radius 1 is 1.11 bits per heavy atom. The average Bonchev–Trinajstić information content (AvgIpc) is 3.25. The largest absolute Gasteiger partial charge is 0.442 e. The molecule has 0 aliphatic rings. The molecule has 10 heteroatoms. The molecule has 0 bridgehead atoms. The van der Waals surface area contributed by atoms with Crippen LogP contribution in [0.2, 0.25) is 0 Å². The third-order valence-electron chi connectivity index (χ3n) is 4.50. The molecular formula is C18H13F5N4O. The molecule has 0 fully saturated rings. The zero-order valence-electron chi connectivity index (χ0n) is 14.7. The van der Waals surface area contributed by atoms with Gasteiger partial charge in [-0.1, -0.05) is 6.92 Å². The van der Waals surface area contributed by atoms with Gasteiger partial charge < -0.3 is 4.42 Å². The summed E-state index contributed by atoms with van der Waals surface area (Å²) in [5.41, 5.74) is -1.27. The highest BCUT2D eigenvalue weighted by molar-refractivity contribution is 5.83. The van der Waals surface area contributed by atoms with E-state index in [2.05, 4.69) is 15.0 Å². The lowest BCUT2D eigenvalue weighted by molar-refractivity contribution is -0.136. The molecule has 4 aromatic rings. The molecule has 0 aliphatic carbocycles. The Hall–Kier alpha value is -3.04. The van der Waals surface area contributed by atoms with Crippen molar-refractivity contribution in [3.8, 4) is 11.5 Å². The van der Waals surface area contributed by atoms with Crippen molar-refractivity contribution in [2.24, 2.45) is 0 Å². The maximum absolute atomic E-state index is 14.2. The van der Waals surface area contributed by atoms with Gasteiger partial charge in [-0.15, -0.1) is 0 Å². The molecule has 4 rings (SSSR count). The first kappa shape index (κ1) is 18.3. The van der Waals surface area contributed by atoms with Crippen molar-refractivity contribution in [3.05, 3.63) is 47.7 Å². The molecule has 4 aromatic heterocycles. The van der Waals surface area contributed by atoms with Crippen LogP contribution in [0.1, 0.15) is 30.3 Å². The Morgan fingerprint density at radius 2 is 1.86 bits per heavy atom. The Kier molecular flexibility index (Phi) is 3.91. The minimum Gasteiger partial charge on any atom is -0.442 e. The lowest BCUT2D eigenvalue weighted by Gasteiger charge is -2.18. The number of alkyl halides is 5. The van der Waals surface area contributed by atoms with E-state index in [4.69, 9.17) is 4.42 Å². The van der Waals surface area contributed by atoms with Gasteiger partial charge in [0.15, 0.2) is 12.2 Å². The molecule has 5 nitrogen and oxygen atoms in total. The minimum absolute atomic E-state index is 0.246. The Bertz CT molecular complexity index is 1190. The van der Waals surface area contributed by atoms with Crippen molar-refractivity contribution in [1.29, 1.82) is 0 Å². The van der Waals surface area contributed by atoms with E-state index >= 15 is 0 Å². The Morgan fingerprint density at radius 3 is 2.46 bits per heavy atom. The number of rotatable bonds is 3. The second kappa shape index (κ2) is 5.98. The number of aromatic nitrogens is 4. The number of hydrogen-bond donors (Lipinski definition) is 0. The summed E-state index contributed by atoms with van der Waals surface area (Å²) in [6.45, 7) is 2.86. The molecule has 146 valence electrons. The van der Waals surface area contributed by atoms with E-state index in [0.717, 1.165) is 0 Å². The molecular weight excluding hydrogens is 383 g/mol. The van der Waals surface area contributed by atoms with Gasteiger partial charge >= 0.3 is 6.18 Å². The molecule has 0 saturated heterocycles. The summed E-state index contributed by atoms with van der Waals surface area (Å²) in [5.74, 6) is -3.16. The second-order valence-corrected chi connectivity index (χ2v) is 6.30. The summed E-state index contributed by atoms with van der Waals surface area (Å²) in [5, 5.41) is -0.297. The number of imidazole rings is 1. The highest BCUT2D eigenvalue weighted by Crippen LogP contribution is 2.39. The van der Waals surface area contributed by atoms with Gasteiger partial charge in [0.05, 0.1) is 11.3 Å². The quantitative estimate of drug-likeness (QED) is 0.437. The number of oxazole rings is 1. The number of pyridine rings is 2. The highest BCUT2D eigenvalue weighted by Gasteiger charge is 2.38. The summed E-state index contributed by atoms with van der Waals surface area (Å²) in [6, 6.07) is 2.96. The molecule has 0 unspecified atom stereocenters. The standard InChI is InChI=1S/C18H13F5N4O/c1-3-17(19,20)13-6-11(18(21,22)23)10-4-5-14-25-12(7-27(14)16(10)26-13)15-9(2)24-8-28-15/h4-8H,3H2,1-2H3. The van der Waals surface area contributed by atoms with Gasteiger partial charge in [0.1, 0.15) is 22.7 Å². The van der Waals surface area contributed by atoms with Crippen LogP contribution in [0, 0.1) is 6.92 Å². The van der Waals surface area contributed by atoms with Gasteiger partial charge in [0.25, 0.3) is 5.92 Å². The Balaban J connectivity index is 2.07. The van der Waals surface area contributed by atoms with Crippen LogP contribution in [0.5, 0.6) is 0 Å². The predicted molar refractivity (Wildman–Crippen MR) is 89.9 cm³/mol. The number of nitrogens with zero attached hydrogens (tertiary/aromatic N) is 4. The molecule has 28 heavy (non-hydrogen) atoms. The molecule has 0 saturated carbocycles. The van der Waals surface area contributed by atoms with Crippen molar-refractivity contribution in [2.75, 3.05) is 0 Å². The molecule has 0 atom stereocenters. The minimum atomic E-state index is -4.82. The fraction of sp³-hybridized carbons (Fsp3) is 0.278. The molecule has 0 radical (unpaired) electrons. The average molecular weight is 396 g/mol. The lowest BCUT2D eigenvalue weighted by Crippen LogP contribution is -2.17. The van der Waals surface area contributed by atoms with E-state index in [9.17, 15) is 22.0 Å². The lowest BCUT2D eigenvalue weighted by atomic mass is 10.1. The van der Waals surface area contributed by atoms with Crippen LogP contribution in [-0.4, -0.2) is 19.4 Å². The number of hydrogen-bond acceptors (Lipinski definition) is 4. The van der Waals surface area contributed by atoms with Gasteiger partial charge in [0, 0.05) is 18.0 Å². The van der Waals surface area contributed by atoms with E-state index < -0.39 is 29.8 Å². The van der Waals surface area contributed by atoms with Crippen LogP contribution in [0.4, 0.5) is 22.0 Å². The van der Waals surface area contributed by atoms with Crippen molar-refractivity contribution in [2.45, 2.75) is 32.4 Å². The maximum atomic E-state index is 14.2. The highest BCUT2D eigenvalue weighted by atomic mass is 19.4. The van der Waals surface area contributed by atoms with E-state index in [0.29, 0.717) is 23.2 Å². The van der Waals surface area contributed by atoms with Crippen LogP contribution >= 0.6 is 0 Å². The van der Waals surface area contributed by atoms with E-state index in [1.165, 1.54) is 36.0 Å². The molecule has 4 heterocycles. The Labute approximate surface area is 154 Å². The van der Waals surface area contributed by atoms with Crippen LogP contribution < -0.4 is 0 Å². The van der Waals surface area contributed by atoms with Gasteiger partial charge in [-0.3, -0.25) is 4.40 Å². The second-order valence-electron chi connectivity index (χ2n) is 6.30. The number of halogens is 5. The van der Waals surface area contributed by atoms with Crippen LogP contribution in [-0.2, 0) is 12.1 Å². The molecule has 0 aromatic carbocycles. The summed E-state index contributed by atoms with van der Waals surface area (Å²) >= 11 is 0. The van der Waals surface area contributed by atoms with E-state index in [-0.39, 0.29) is 16.7 Å². The molecule has 0 N–H and O–H groups in total. The first-order valence-corrected chi connectivity index (χ1v) is 8.30. The fourth-order valence-electron chi connectivity index (χ4n) is 2.99. The van der Waals surface area contributed by atoms with E-state index in [1.54, 1.807) is 6.92 Å². The molecule has 0 aliphatic heterocycles. The van der Waals surface area contributed by atoms with Gasteiger partial charge in [-0.05, 0) is 25.1 Å². The van der Waals surface area contributed by atoms with Crippen LogP contribution in [0.15, 0.2) is 35.2 Å². The smallest absolute Gasteiger partial charge is 0.417 e. The van der Waals surface area contributed by atoms with Gasteiger partial charge in [-0.25, -0.2) is 15.0 Å². The summed E-state index contributed by atoms with van der Waals surface area (Å²) < 4.78 is 75.5. The summed E-state index contributed by atoms with van der Waals surface area (Å²) in [7, 11) is 0. The van der Waals surface area contributed by atoms with Crippen LogP contribution in [0.25, 0.3) is 28.1 Å². The van der Waals surface area contributed by atoms with Crippen molar-refractivity contribution < 1.29 is 26.4 Å². The number of fused-ring (bicyclic) bond motifs is 3. The van der Waals surface area contributed by atoms with Crippen molar-refractivity contribution in [1.82, 2.24) is 19.4 Å². The fourth-order valence-corrected chi connectivity index (χ4v) is 2.99. The monoisotopic (exact) mass is 396 g/mol. The molecule has 0 spiro atoms. The first-order chi connectivity index (χ1) is 13.1. The maximum Gasteiger partial charge on any atom is 0.417 e. The first-order valence-electron chi connectivity index (χ1n) is 8.30. The van der Waals surface area contributed by atoms with Gasteiger partial charge in [0.2, 0.25) is 0 Å².